The van der Waals surface area contributed by atoms with Crippen molar-refractivity contribution in [3.63, 3.8) is 0 Å². The van der Waals surface area contributed by atoms with Crippen LogP contribution >= 0.6 is 31.9 Å². The second-order valence-electron chi connectivity index (χ2n) is 4.84. The highest BCUT2D eigenvalue weighted by atomic mass is 79.9. The van der Waals surface area contributed by atoms with Gasteiger partial charge in [0.2, 0.25) is 0 Å². The van der Waals surface area contributed by atoms with E-state index in [-0.39, 0.29) is 0 Å². The highest BCUT2D eigenvalue weighted by Crippen LogP contribution is 2.19. The van der Waals surface area contributed by atoms with Gasteiger partial charge in [-0.3, -0.25) is 4.68 Å². The van der Waals surface area contributed by atoms with E-state index in [1.165, 1.54) is 17.7 Å². The van der Waals surface area contributed by atoms with Gasteiger partial charge in [-0.15, -0.1) is 0 Å². The predicted octanol–water partition coefficient (Wildman–Crippen LogP) is 4.37. The Morgan fingerprint density at radius 2 is 1.95 bits per heavy atom. The molecule has 4 heteroatoms. The molecular formula is C15H18Br2N2. The normalized spacial score (nSPS) is 12.6. The summed E-state index contributed by atoms with van der Waals surface area (Å²) in [6.45, 7) is 0. The Balaban J connectivity index is 1.90. The second-order valence-corrected chi connectivity index (χ2v) is 6.40. The molecular weight excluding hydrogens is 368 g/mol. The molecule has 1 atom stereocenters. The first-order valence-electron chi connectivity index (χ1n) is 6.46. The van der Waals surface area contributed by atoms with Crippen molar-refractivity contribution in [3.8, 4) is 0 Å². The summed E-state index contributed by atoms with van der Waals surface area (Å²) in [5.74, 6) is 0.663. The summed E-state index contributed by atoms with van der Waals surface area (Å²) >= 11 is 7.11. The highest BCUT2D eigenvalue weighted by Gasteiger charge is 2.10. The lowest BCUT2D eigenvalue weighted by Gasteiger charge is -2.14. The largest absolute Gasteiger partial charge is 0.273 e. The minimum Gasteiger partial charge on any atom is -0.273 e. The van der Waals surface area contributed by atoms with E-state index >= 15 is 0 Å². The van der Waals surface area contributed by atoms with Gasteiger partial charge in [-0.05, 0) is 48.9 Å². The van der Waals surface area contributed by atoms with Crippen LogP contribution in [0.15, 0.2) is 41.0 Å². The first kappa shape index (κ1) is 14.8. The Bertz CT molecular complexity index is 505. The lowest BCUT2D eigenvalue weighted by molar-refractivity contribution is 0.528. The average Bonchev–Trinajstić information content (AvgIpc) is 2.82. The molecule has 0 bridgehead atoms. The van der Waals surface area contributed by atoms with Gasteiger partial charge >= 0.3 is 0 Å². The molecule has 1 heterocycles. The van der Waals surface area contributed by atoms with Crippen LogP contribution in [-0.4, -0.2) is 15.1 Å². The van der Waals surface area contributed by atoms with Gasteiger partial charge in [0.15, 0.2) is 0 Å². The lowest BCUT2D eigenvalue weighted by atomic mass is 9.96. The zero-order valence-corrected chi connectivity index (χ0v) is 14.2. The summed E-state index contributed by atoms with van der Waals surface area (Å²) in [5.41, 5.74) is 2.71. The molecule has 0 aliphatic carbocycles. The van der Waals surface area contributed by atoms with Gasteiger partial charge in [-0.1, -0.05) is 44.0 Å². The van der Waals surface area contributed by atoms with Crippen LogP contribution in [-0.2, 0) is 19.9 Å². The summed E-state index contributed by atoms with van der Waals surface area (Å²) in [7, 11) is 2.01. The third kappa shape index (κ3) is 4.46. The SMILES string of the molecule is Cn1nccc1CCC(CBr)Cc1ccc(Br)cc1. The van der Waals surface area contributed by atoms with Crippen molar-refractivity contribution in [1.82, 2.24) is 9.78 Å². The summed E-state index contributed by atoms with van der Waals surface area (Å²) in [4.78, 5) is 0. The van der Waals surface area contributed by atoms with Crippen molar-refractivity contribution in [1.29, 1.82) is 0 Å². The Hall–Kier alpha value is -0.610. The third-order valence-electron chi connectivity index (χ3n) is 3.39. The quantitative estimate of drug-likeness (QED) is 0.675. The van der Waals surface area contributed by atoms with Gasteiger partial charge in [0.25, 0.3) is 0 Å². The molecule has 2 nitrogen and oxygen atoms in total. The van der Waals surface area contributed by atoms with Crippen molar-refractivity contribution >= 4 is 31.9 Å². The van der Waals surface area contributed by atoms with Crippen LogP contribution in [0.4, 0.5) is 0 Å². The molecule has 0 saturated carbocycles. The number of aryl methyl sites for hydroxylation is 2. The summed E-state index contributed by atoms with van der Waals surface area (Å²) in [6.07, 6.45) is 5.26. The molecule has 0 saturated heterocycles. The summed E-state index contributed by atoms with van der Waals surface area (Å²) in [5, 5.41) is 5.26. The number of hydrogen-bond acceptors (Lipinski definition) is 1. The molecule has 0 aliphatic heterocycles. The summed E-state index contributed by atoms with van der Waals surface area (Å²) in [6, 6.07) is 10.7. The standard InChI is InChI=1S/C15H18Br2N2/c1-19-15(8-9-18-19)7-4-13(11-16)10-12-2-5-14(17)6-3-12/h2-3,5-6,8-9,13H,4,7,10-11H2,1H3. The van der Waals surface area contributed by atoms with Gasteiger partial charge in [-0.25, -0.2) is 0 Å². The molecule has 0 radical (unpaired) electrons. The fourth-order valence-corrected chi connectivity index (χ4v) is 3.00. The molecule has 0 aliphatic rings. The number of nitrogens with zero attached hydrogens (tertiary/aromatic N) is 2. The molecule has 0 N–H and O–H groups in total. The monoisotopic (exact) mass is 384 g/mol. The van der Waals surface area contributed by atoms with Crippen molar-refractivity contribution in [3.05, 3.63) is 52.3 Å². The smallest absolute Gasteiger partial charge is 0.0492 e. The van der Waals surface area contributed by atoms with Gasteiger partial charge < -0.3 is 0 Å². The predicted molar refractivity (Wildman–Crippen MR) is 86.7 cm³/mol. The zero-order valence-electron chi connectivity index (χ0n) is 11.0. The van der Waals surface area contributed by atoms with E-state index in [1.54, 1.807) is 0 Å². The Labute approximate surface area is 131 Å². The first-order valence-corrected chi connectivity index (χ1v) is 8.37. The molecule has 0 fully saturated rings. The Morgan fingerprint density at radius 1 is 1.21 bits per heavy atom. The van der Waals surface area contributed by atoms with E-state index in [4.69, 9.17) is 0 Å². The van der Waals surface area contributed by atoms with E-state index < -0.39 is 0 Å². The van der Waals surface area contributed by atoms with Crippen molar-refractivity contribution in [2.45, 2.75) is 19.3 Å². The molecule has 102 valence electrons. The summed E-state index contributed by atoms with van der Waals surface area (Å²) < 4.78 is 3.10. The van der Waals surface area contributed by atoms with E-state index in [9.17, 15) is 0 Å². The molecule has 1 unspecified atom stereocenters. The van der Waals surface area contributed by atoms with Gasteiger partial charge in [0, 0.05) is 28.7 Å². The molecule has 19 heavy (non-hydrogen) atoms. The maximum absolute atomic E-state index is 4.21. The number of benzene rings is 1. The van der Waals surface area contributed by atoms with Crippen molar-refractivity contribution in [2.75, 3.05) is 5.33 Å². The Kier molecular flexibility index (Phi) is 5.64. The fourth-order valence-electron chi connectivity index (χ4n) is 2.19. The minimum atomic E-state index is 0.663. The fraction of sp³-hybridized carbons (Fsp3) is 0.400. The second kappa shape index (κ2) is 7.25. The first-order chi connectivity index (χ1) is 9.19. The molecule has 1 aromatic carbocycles. The Morgan fingerprint density at radius 3 is 2.53 bits per heavy atom. The van der Waals surface area contributed by atoms with Crippen LogP contribution in [0.5, 0.6) is 0 Å². The van der Waals surface area contributed by atoms with Crippen molar-refractivity contribution < 1.29 is 0 Å². The van der Waals surface area contributed by atoms with E-state index in [0.717, 1.165) is 22.6 Å². The third-order valence-corrected chi connectivity index (χ3v) is 4.83. The average molecular weight is 386 g/mol. The van der Waals surface area contributed by atoms with Crippen LogP contribution in [0, 0.1) is 5.92 Å². The highest BCUT2D eigenvalue weighted by molar-refractivity contribution is 9.10. The topological polar surface area (TPSA) is 17.8 Å². The minimum absolute atomic E-state index is 0.663. The van der Waals surface area contributed by atoms with Crippen LogP contribution in [0.3, 0.4) is 0 Å². The van der Waals surface area contributed by atoms with E-state index in [0.29, 0.717) is 5.92 Å². The van der Waals surface area contributed by atoms with Crippen LogP contribution < -0.4 is 0 Å². The maximum Gasteiger partial charge on any atom is 0.0492 e. The zero-order chi connectivity index (χ0) is 13.7. The molecule has 0 amide bonds. The lowest BCUT2D eigenvalue weighted by Crippen LogP contribution is -2.09. The van der Waals surface area contributed by atoms with E-state index in [2.05, 4.69) is 67.3 Å². The van der Waals surface area contributed by atoms with E-state index in [1.807, 2.05) is 17.9 Å². The van der Waals surface area contributed by atoms with Crippen LogP contribution in [0.25, 0.3) is 0 Å². The van der Waals surface area contributed by atoms with Gasteiger partial charge in [-0.2, -0.15) is 5.10 Å². The maximum atomic E-state index is 4.21. The van der Waals surface area contributed by atoms with Crippen LogP contribution in [0.2, 0.25) is 0 Å². The number of halogens is 2. The molecule has 2 rings (SSSR count). The molecule has 2 aromatic rings. The molecule has 0 spiro atoms. The molecule has 1 aromatic heterocycles. The number of rotatable bonds is 6. The number of aromatic nitrogens is 2. The van der Waals surface area contributed by atoms with Gasteiger partial charge in [0.1, 0.15) is 0 Å². The number of alkyl halides is 1. The van der Waals surface area contributed by atoms with Crippen LogP contribution in [0.1, 0.15) is 17.7 Å². The van der Waals surface area contributed by atoms with Crippen molar-refractivity contribution in [2.24, 2.45) is 13.0 Å². The number of hydrogen-bond donors (Lipinski definition) is 0. The van der Waals surface area contributed by atoms with Gasteiger partial charge in [0.05, 0.1) is 0 Å².